The monoisotopic (exact) mass is 294 g/mol. The van der Waals surface area contributed by atoms with Crippen molar-refractivity contribution in [2.24, 2.45) is 0 Å². The number of aliphatic carboxylic acids is 1. The van der Waals surface area contributed by atoms with Crippen molar-refractivity contribution in [1.82, 2.24) is 4.98 Å². The van der Waals surface area contributed by atoms with Crippen LogP contribution < -0.4 is 5.32 Å². The van der Waals surface area contributed by atoms with Crippen molar-refractivity contribution in [1.29, 1.82) is 0 Å². The van der Waals surface area contributed by atoms with E-state index in [1.165, 1.54) is 11.3 Å². The highest BCUT2D eigenvalue weighted by Gasteiger charge is 2.19. The Labute approximate surface area is 119 Å². The van der Waals surface area contributed by atoms with E-state index >= 15 is 0 Å². The number of carbonyl (C=O) groups excluding carboxylic acids is 1. The Balaban J connectivity index is 2.15. The fourth-order valence-corrected chi connectivity index (χ4v) is 2.59. The predicted octanol–water partition coefficient (Wildman–Crippen LogP) is 2.54. The van der Waals surface area contributed by atoms with Gasteiger partial charge in [-0.05, 0) is 20.8 Å². The second kappa shape index (κ2) is 5.46. The van der Waals surface area contributed by atoms with Gasteiger partial charge in [0.15, 0.2) is 5.13 Å². The molecule has 6 nitrogen and oxygen atoms in total. The summed E-state index contributed by atoms with van der Waals surface area (Å²) in [7, 11) is 0. The van der Waals surface area contributed by atoms with Crippen molar-refractivity contribution in [3.8, 4) is 0 Å². The zero-order chi connectivity index (χ0) is 14.9. The van der Waals surface area contributed by atoms with E-state index in [9.17, 15) is 9.59 Å². The number of anilines is 1. The van der Waals surface area contributed by atoms with E-state index in [0.29, 0.717) is 27.9 Å². The minimum absolute atomic E-state index is 0.157. The van der Waals surface area contributed by atoms with Crippen LogP contribution in [0.4, 0.5) is 5.13 Å². The molecule has 2 N–H and O–H groups in total. The van der Waals surface area contributed by atoms with Gasteiger partial charge in [-0.2, -0.15) is 0 Å². The van der Waals surface area contributed by atoms with E-state index in [1.807, 2.05) is 6.92 Å². The molecule has 0 saturated heterocycles. The quantitative estimate of drug-likeness (QED) is 0.904. The fraction of sp³-hybridized carbons (Fsp3) is 0.308. The average Bonchev–Trinajstić information content (AvgIpc) is 2.84. The number of hydrogen-bond acceptors (Lipinski definition) is 5. The van der Waals surface area contributed by atoms with Crippen molar-refractivity contribution in [2.75, 3.05) is 5.32 Å². The fourth-order valence-electron chi connectivity index (χ4n) is 1.89. The lowest BCUT2D eigenvalue weighted by atomic mass is 10.1. The van der Waals surface area contributed by atoms with Crippen LogP contribution in [0.5, 0.6) is 0 Å². The minimum Gasteiger partial charge on any atom is -0.481 e. The van der Waals surface area contributed by atoms with Crippen LogP contribution in [0.3, 0.4) is 0 Å². The van der Waals surface area contributed by atoms with Gasteiger partial charge in [-0.3, -0.25) is 14.9 Å². The van der Waals surface area contributed by atoms with Gasteiger partial charge in [-0.1, -0.05) is 0 Å². The molecule has 20 heavy (non-hydrogen) atoms. The minimum atomic E-state index is -0.953. The van der Waals surface area contributed by atoms with Crippen LogP contribution in [-0.2, 0) is 11.2 Å². The Bertz CT molecular complexity index is 672. The van der Waals surface area contributed by atoms with Gasteiger partial charge in [-0.15, -0.1) is 11.3 Å². The second-order valence-electron chi connectivity index (χ2n) is 4.38. The molecule has 7 heteroatoms. The molecule has 2 rings (SSSR count). The van der Waals surface area contributed by atoms with Crippen LogP contribution in [0.1, 0.15) is 33.1 Å². The van der Waals surface area contributed by atoms with Crippen LogP contribution in [-0.4, -0.2) is 22.0 Å². The number of thiazole rings is 1. The largest absolute Gasteiger partial charge is 0.481 e. The molecule has 0 unspecified atom stereocenters. The average molecular weight is 294 g/mol. The van der Waals surface area contributed by atoms with E-state index in [0.717, 1.165) is 5.56 Å². The number of amides is 1. The molecule has 0 atom stereocenters. The van der Waals surface area contributed by atoms with Gasteiger partial charge in [-0.25, -0.2) is 4.98 Å². The summed E-state index contributed by atoms with van der Waals surface area (Å²) in [6.07, 6.45) is -0.157. The summed E-state index contributed by atoms with van der Waals surface area (Å²) in [6, 6.07) is 0. The SMILES string of the molecule is Cc1oc(C)c(C(=O)Nc2nc(CC(=O)O)cs2)c1C. The maximum atomic E-state index is 12.2. The number of carboxylic acids is 1. The molecule has 2 heterocycles. The van der Waals surface area contributed by atoms with Gasteiger partial charge >= 0.3 is 5.97 Å². The molecule has 0 spiro atoms. The van der Waals surface area contributed by atoms with Crippen LogP contribution in [0.25, 0.3) is 0 Å². The van der Waals surface area contributed by atoms with Crippen molar-refractivity contribution in [3.05, 3.63) is 33.7 Å². The Kier molecular flexibility index (Phi) is 3.89. The molecule has 0 bridgehead atoms. The lowest BCUT2D eigenvalue weighted by molar-refractivity contribution is -0.136. The van der Waals surface area contributed by atoms with Gasteiger partial charge in [0.25, 0.3) is 5.91 Å². The molecule has 106 valence electrons. The highest BCUT2D eigenvalue weighted by atomic mass is 32.1. The summed E-state index contributed by atoms with van der Waals surface area (Å²) in [4.78, 5) is 26.8. The first kappa shape index (κ1) is 14.3. The van der Waals surface area contributed by atoms with Gasteiger partial charge in [0.05, 0.1) is 17.7 Å². The molecule has 0 radical (unpaired) electrons. The maximum Gasteiger partial charge on any atom is 0.309 e. The normalized spacial score (nSPS) is 10.6. The van der Waals surface area contributed by atoms with Crippen LogP contribution >= 0.6 is 11.3 Å². The first-order chi connectivity index (χ1) is 9.38. The number of nitrogens with zero attached hydrogens (tertiary/aromatic N) is 1. The highest BCUT2D eigenvalue weighted by molar-refractivity contribution is 7.14. The van der Waals surface area contributed by atoms with E-state index in [1.54, 1.807) is 19.2 Å². The third-order valence-corrected chi connectivity index (χ3v) is 3.70. The van der Waals surface area contributed by atoms with Gasteiger partial charge < -0.3 is 9.52 Å². The number of nitrogens with one attached hydrogen (secondary N) is 1. The molecule has 0 aliphatic heterocycles. The molecular weight excluding hydrogens is 280 g/mol. The van der Waals surface area contributed by atoms with Crippen LogP contribution in [0.2, 0.25) is 0 Å². The summed E-state index contributed by atoms with van der Waals surface area (Å²) in [5.41, 5.74) is 1.72. The van der Waals surface area contributed by atoms with Crippen LogP contribution in [0, 0.1) is 20.8 Å². The molecule has 0 aliphatic rings. The zero-order valence-corrected chi connectivity index (χ0v) is 12.1. The van der Waals surface area contributed by atoms with Gasteiger partial charge in [0, 0.05) is 10.9 Å². The summed E-state index contributed by atoms with van der Waals surface area (Å²) in [5.74, 6) is 0.0107. The number of carbonyl (C=O) groups is 2. The number of carboxylic acid groups (broad SMARTS) is 1. The molecule has 2 aromatic rings. The van der Waals surface area contributed by atoms with E-state index in [-0.39, 0.29) is 12.3 Å². The van der Waals surface area contributed by atoms with Crippen molar-refractivity contribution in [3.63, 3.8) is 0 Å². The van der Waals surface area contributed by atoms with E-state index in [4.69, 9.17) is 9.52 Å². The number of rotatable bonds is 4. The third-order valence-electron chi connectivity index (χ3n) is 2.89. The topological polar surface area (TPSA) is 92.4 Å². The molecule has 0 saturated carbocycles. The highest BCUT2D eigenvalue weighted by Crippen LogP contribution is 2.23. The lowest BCUT2D eigenvalue weighted by Crippen LogP contribution is -2.13. The molecular formula is C13H14N2O4S. The second-order valence-corrected chi connectivity index (χ2v) is 5.24. The molecule has 0 fully saturated rings. The summed E-state index contributed by atoms with van der Waals surface area (Å²) in [6.45, 7) is 5.35. The zero-order valence-electron chi connectivity index (χ0n) is 11.3. The third kappa shape index (κ3) is 2.88. The summed E-state index contributed by atoms with van der Waals surface area (Å²) >= 11 is 1.20. The van der Waals surface area contributed by atoms with Gasteiger partial charge in [0.1, 0.15) is 11.5 Å². The smallest absolute Gasteiger partial charge is 0.309 e. The number of furan rings is 1. The van der Waals surface area contributed by atoms with Crippen molar-refractivity contribution < 1.29 is 19.1 Å². The molecule has 0 aliphatic carbocycles. The number of hydrogen-bond donors (Lipinski definition) is 2. The molecule has 0 aromatic carbocycles. The lowest BCUT2D eigenvalue weighted by Gasteiger charge is -2.01. The standard InChI is InChI=1S/C13H14N2O4S/c1-6-7(2)19-8(3)11(6)12(18)15-13-14-9(5-20-13)4-10(16)17/h5H,4H2,1-3H3,(H,16,17)(H,14,15,18). The molecule has 1 amide bonds. The Hall–Kier alpha value is -2.15. The van der Waals surface area contributed by atoms with Gasteiger partial charge in [0.2, 0.25) is 0 Å². The number of aryl methyl sites for hydroxylation is 2. The Morgan fingerprint density at radius 2 is 2.05 bits per heavy atom. The first-order valence-corrected chi connectivity index (χ1v) is 6.80. The number of aromatic nitrogens is 1. The van der Waals surface area contributed by atoms with E-state index < -0.39 is 5.97 Å². The maximum absolute atomic E-state index is 12.2. The molecule has 2 aromatic heterocycles. The van der Waals surface area contributed by atoms with Crippen molar-refractivity contribution >= 4 is 28.3 Å². The predicted molar refractivity (Wildman–Crippen MR) is 74.3 cm³/mol. The summed E-state index contributed by atoms with van der Waals surface area (Å²) < 4.78 is 5.41. The van der Waals surface area contributed by atoms with Crippen LogP contribution in [0.15, 0.2) is 9.80 Å². The summed E-state index contributed by atoms with van der Waals surface area (Å²) in [5, 5.41) is 13.3. The first-order valence-electron chi connectivity index (χ1n) is 5.92. The van der Waals surface area contributed by atoms with Crippen molar-refractivity contribution in [2.45, 2.75) is 27.2 Å². The Morgan fingerprint density at radius 3 is 2.60 bits per heavy atom. The Morgan fingerprint density at radius 1 is 1.35 bits per heavy atom. The van der Waals surface area contributed by atoms with E-state index in [2.05, 4.69) is 10.3 Å².